The second-order valence-electron chi connectivity index (χ2n) is 4.06. The number of carbonyl (C=O) groups is 1. The zero-order chi connectivity index (χ0) is 13.5. The Morgan fingerprint density at radius 2 is 1.72 bits per heavy atom. The van der Waals surface area contributed by atoms with Crippen LogP contribution in [0.1, 0.15) is 24.0 Å². The Hall–Kier alpha value is -1.71. The summed E-state index contributed by atoms with van der Waals surface area (Å²) < 4.78 is 15.1. The van der Waals surface area contributed by atoms with Crippen LogP contribution in [0.25, 0.3) is 0 Å². The third kappa shape index (κ3) is 3.65. The van der Waals surface area contributed by atoms with Crippen molar-refractivity contribution in [3.8, 4) is 11.5 Å². The van der Waals surface area contributed by atoms with Gasteiger partial charge in [0.2, 0.25) is 0 Å². The summed E-state index contributed by atoms with van der Waals surface area (Å²) in [5.41, 5.74) is 2.30. The van der Waals surface area contributed by atoms with E-state index in [1.165, 1.54) is 7.11 Å². The first-order chi connectivity index (χ1) is 8.62. The van der Waals surface area contributed by atoms with Crippen LogP contribution in [0.15, 0.2) is 12.1 Å². The minimum atomic E-state index is -0.173. The number of benzene rings is 1. The van der Waals surface area contributed by atoms with Crippen LogP contribution in [-0.2, 0) is 16.0 Å². The first-order valence-corrected chi connectivity index (χ1v) is 5.90. The van der Waals surface area contributed by atoms with E-state index in [-0.39, 0.29) is 5.97 Å². The fourth-order valence-electron chi connectivity index (χ4n) is 1.82. The topological polar surface area (TPSA) is 44.8 Å². The van der Waals surface area contributed by atoms with Crippen LogP contribution in [0.2, 0.25) is 0 Å². The molecule has 4 nitrogen and oxygen atoms in total. The van der Waals surface area contributed by atoms with Crippen LogP contribution in [0.3, 0.4) is 0 Å². The Morgan fingerprint density at radius 3 is 2.28 bits per heavy atom. The molecule has 0 saturated carbocycles. The van der Waals surface area contributed by atoms with Gasteiger partial charge in [-0.05, 0) is 43.0 Å². The number of aryl methyl sites for hydroxylation is 2. The Bertz CT molecular complexity index is 413. The minimum absolute atomic E-state index is 0.173. The van der Waals surface area contributed by atoms with Gasteiger partial charge in [-0.2, -0.15) is 0 Å². The third-order valence-corrected chi connectivity index (χ3v) is 2.90. The van der Waals surface area contributed by atoms with Crippen LogP contribution >= 0.6 is 0 Å². The highest BCUT2D eigenvalue weighted by Crippen LogP contribution is 2.30. The number of esters is 1. The van der Waals surface area contributed by atoms with Crippen molar-refractivity contribution in [3.63, 3.8) is 0 Å². The van der Waals surface area contributed by atoms with E-state index in [9.17, 15) is 4.79 Å². The van der Waals surface area contributed by atoms with Gasteiger partial charge in [0.05, 0.1) is 21.3 Å². The SMILES string of the molecule is COC(=O)CCCc1cc(OC)c(OC)cc1C. The molecule has 100 valence electrons. The molecule has 0 unspecified atom stereocenters. The van der Waals surface area contributed by atoms with Gasteiger partial charge >= 0.3 is 5.97 Å². The summed E-state index contributed by atoms with van der Waals surface area (Å²) in [7, 11) is 4.64. The monoisotopic (exact) mass is 252 g/mol. The minimum Gasteiger partial charge on any atom is -0.493 e. The van der Waals surface area contributed by atoms with Gasteiger partial charge < -0.3 is 14.2 Å². The highest BCUT2D eigenvalue weighted by molar-refractivity contribution is 5.69. The maximum Gasteiger partial charge on any atom is 0.305 e. The van der Waals surface area contributed by atoms with Gasteiger partial charge in [-0.1, -0.05) is 0 Å². The van der Waals surface area contributed by atoms with E-state index in [0.29, 0.717) is 6.42 Å². The van der Waals surface area contributed by atoms with Gasteiger partial charge in [0.25, 0.3) is 0 Å². The molecule has 0 heterocycles. The molecule has 1 aromatic rings. The maximum atomic E-state index is 11.0. The summed E-state index contributed by atoms with van der Waals surface area (Å²) in [6.07, 6.45) is 2.02. The number of methoxy groups -OCH3 is 3. The highest BCUT2D eigenvalue weighted by atomic mass is 16.5. The quantitative estimate of drug-likeness (QED) is 0.730. The number of rotatable bonds is 6. The van der Waals surface area contributed by atoms with Crippen LogP contribution in [0, 0.1) is 6.92 Å². The number of hydrogen-bond acceptors (Lipinski definition) is 4. The molecule has 0 aliphatic carbocycles. The number of carbonyl (C=O) groups excluding carboxylic acids is 1. The molecule has 0 N–H and O–H groups in total. The molecule has 1 rings (SSSR count). The summed E-state index contributed by atoms with van der Waals surface area (Å²) in [5, 5.41) is 0. The van der Waals surface area contributed by atoms with Crippen molar-refractivity contribution in [1.29, 1.82) is 0 Å². The van der Waals surface area contributed by atoms with E-state index in [4.69, 9.17) is 9.47 Å². The molecular formula is C14H20O4. The smallest absolute Gasteiger partial charge is 0.305 e. The van der Waals surface area contributed by atoms with Crippen LogP contribution in [0.4, 0.5) is 0 Å². The summed E-state index contributed by atoms with van der Waals surface area (Å²) >= 11 is 0. The maximum absolute atomic E-state index is 11.0. The third-order valence-electron chi connectivity index (χ3n) is 2.90. The average Bonchev–Trinajstić information content (AvgIpc) is 2.39. The largest absolute Gasteiger partial charge is 0.493 e. The zero-order valence-electron chi connectivity index (χ0n) is 11.4. The second kappa shape index (κ2) is 6.89. The van der Waals surface area contributed by atoms with Crippen LogP contribution in [0.5, 0.6) is 11.5 Å². The van der Waals surface area contributed by atoms with Gasteiger partial charge in [-0.15, -0.1) is 0 Å². The lowest BCUT2D eigenvalue weighted by molar-refractivity contribution is -0.140. The van der Waals surface area contributed by atoms with E-state index in [1.54, 1.807) is 14.2 Å². The predicted molar refractivity (Wildman–Crippen MR) is 69.2 cm³/mol. The summed E-state index contributed by atoms with van der Waals surface area (Å²) in [6.45, 7) is 2.02. The van der Waals surface area contributed by atoms with Gasteiger partial charge in [-0.3, -0.25) is 4.79 Å². The van der Waals surface area contributed by atoms with Crippen LogP contribution in [-0.4, -0.2) is 27.3 Å². The lowest BCUT2D eigenvalue weighted by atomic mass is 10.0. The fourth-order valence-corrected chi connectivity index (χ4v) is 1.82. The van der Waals surface area contributed by atoms with Crippen molar-refractivity contribution in [2.24, 2.45) is 0 Å². The molecule has 0 amide bonds. The van der Waals surface area contributed by atoms with E-state index in [2.05, 4.69) is 4.74 Å². The highest BCUT2D eigenvalue weighted by Gasteiger charge is 2.09. The summed E-state index contributed by atoms with van der Waals surface area (Å²) in [4.78, 5) is 11.0. The number of ether oxygens (including phenoxy) is 3. The molecule has 0 aromatic heterocycles. The van der Waals surface area contributed by atoms with Crippen molar-refractivity contribution >= 4 is 5.97 Å². The lowest BCUT2D eigenvalue weighted by Crippen LogP contribution is -2.01. The Kier molecular flexibility index (Phi) is 5.49. The number of hydrogen-bond donors (Lipinski definition) is 0. The van der Waals surface area contributed by atoms with Gasteiger partial charge in [0, 0.05) is 6.42 Å². The van der Waals surface area contributed by atoms with Crippen molar-refractivity contribution in [3.05, 3.63) is 23.3 Å². The van der Waals surface area contributed by atoms with Crippen LogP contribution < -0.4 is 9.47 Å². The fraction of sp³-hybridized carbons (Fsp3) is 0.500. The zero-order valence-corrected chi connectivity index (χ0v) is 11.4. The molecule has 0 bridgehead atoms. The lowest BCUT2D eigenvalue weighted by Gasteiger charge is -2.12. The molecular weight excluding hydrogens is 232 g/mol. The molecule has 1 aromatic carbocycles. The normalized spacial score (nSPS) is 10.0. The second-order valence-corrected chi connectivity index (χ2v) is 4.06. The van der Waals surface area contributed by atoms with Crippen molar-refractivity contribution in [2.75, 3.05) is 21.3 Å². The first kappa shape index (κ1) is 14.4. The van der Waals surface area contributed by atoms with E-state index in [1.807, 2.05) is 19.1 Å². The molecule has 0 fully saturated rings. The Morgan fingerprint density at radius 1 is 1.11 bits per heavy atom. The van der Waals surface area contributed by atoms with Crippen molar-refractivity contribution in [2.45, 2.75) is 26.2 Å². The molecule has 0 aliphatic heterocycles. The summed E-state index contributed by atoms with van der Waals surface area (Å²) in [5.74, 6) is 1.27. The molecule has 0 aliphatic rings. The van der Waals surface area contributed by atoms with E-state index in [0.717, 1.165) is 35.5 Å². The Labute approximate surface area is 108 Å². The molecule has 0 atom stereocenters. The molecule has 0 spiro atoms. The molecule has 0 saturated heterocycles. The standard InChI is InChI=1S/C14H20O4/c1-10-8-12(16-2)13(17-3)9-11(10)6-5-7-14(15)18-4/h8-9H,5-7H2,1-4H3. The predicted octanol–water partition coefficient (Wildman–Crippen LogP) is 2.51. The van der Waals surface area contributed by atoms with Crippen molar-refractivity contribution in [1.82, 2.24) is 0 Å². The first-order valence-electron chi connectivity index (χ1n) is 5.90. The van der Waals surface area contributed by atoms with Gasteiger partial charge in [-0.25, -0.2) is 0 Å². The van der Waals surface area contributed by atoms with E-state index < -0.39 is 0 Å². The molecule has 4 heteroatoms. The van der Waals surface area contributed by atoms with Crippen molar-refractivity contribution < 1.29 is 19.0 Å². The van der Waals surface area contributed by atoms with E-state index >= 15 is 0 Å². The Balaban J connectivity index is 2.73. The summed E-state index contributed by atoms with van der Waals surface area (Å²) in [6, 6.07) is 3.91. The molecule has 18 heavy (non-hydrogen) atoms. The average molecular weight is 252 g/mol. The van der Waals surface area contributed by atoms with Gasteiger partial charge in [0.1, 0.15) is 0 Å². The van der Waals surface area contributed by atoms with Gasteiger partial charge in [0.15, 0.2) is 11.5 Å². The molecule has 0 radical (unpaired) electrons.